The Morgan fingerprint density at radius 2 is 2.10 bits per heavy atom. The van der Waals surface area contributed by atoms with Crippen LogP contribution >= 0.6 is 0 Å². The lowest BCUT2D eigenvalue weighted by molar-refractivity contribution is -0.385. The van der Waals surface area contributed by atoms with Crippen molar-refractivity contribution in [2.45, 2.75) is 18.9 Å². The van der Waals surface area contributed by atoms with Crippen LogP contribution in [-0.4, -0.2) is 40.8 Å². The predicted molar refractivity (Wildman–Crippen MR) is 69.5 cm³/mol. The van der Waals surface area contributed by atoms with Gasteiger partial charge in [0.15, 0.2) is 0 Å². The summed E-state index contributed by atoms with van der Waals surface area (Å²) < 4.78 is 0. The molecule has 1 fully saturated rings. The molecule has 2 aliphatic rings. The number of carbonyl (C=O) groups excluding carboxylic acids is 2. The van der Waals surface area contributed by atoms with Gasteiger partial charge >= 0.3 is 0 Å². The number of benzene rings is 1. The standard InChI is InChI=1S/C13H13N3O4/c17-12-9-4-1-5-10(16(19)20)11(9)13(18)15(12)8-3-2-6-14-7-8/h1,4-5,8,14H,2-3,6-7H2/t8-/m1/s1. The Morgan fingerprint density at radius 1 is 1.30 bits per heavy atom. The number of carbonyl (C=O) groups is 2. The van der Waals surface area contributed by atoms with E-state index >= 15 is 0 Å². The first-order valence-corrected chi connectivity index (χ1v) is 6.47. The van der Waals surface area contributed by atoms with Gasteiger partial charge in [-0.15, -0.1) is 0 Å². The Labute approximate surface area is 114 Å². The number of nitro groups is 1. The number of fused-ring (bicyclic) bond motifs is 1. The van der Waals surface area contributed by atoms with Gasteiger partial charge in [-0.2, -0.15) is 0 Å². The average molecular weight is 275 g/mol. The zero-order chi connectivity index (χ0) is 14.3. The summed E-state index contributed by atoms with van der Waals surface area (Å²) in [5, 5.41) is 14.1. The molecule has 0 radical (unpaired) electrons. The fourth-order valence-electron chi connectivity index (χ4n) is 2.82. The lowest BCUT2D eigenvalue weighted by Crippen LogP contribution is -2.48. The summed E-state index contributed by atoms with van der Waals surface area (Å²) >= 11 is 0. The summed E-state index contributed by atoms with van der Waals surface area (Å²) in [7, 11) is 0. The van der Waals surface area contributed by atoms with Crippen molar-refractivity contribution in [3.8, 4) is 0 Å². The Balaban J connectivity index is 2.03. The molecule has 1 aromatic rings. The molecule has 0 aromatic heterocycles. The first-order valence-electron chi connectivity index (χ1n) is 6.47. The normalized spacial score (nSPS) is 22.0. The van der Waals surface area contributed by atoms with Crippen LogP contribution in [0, 0.1) is 10.1 Å². The van der Waals surface area contributed by atoms with Crippen molar-refractivity contribution in [2.75, 3.05) is 13.1 Å². The molecule has 0 unspecified atom stereocenters. The van der Waals surface area contributed by atoms with Crippen molar-refractivity contribution in [3.63, 3.8) is 0 Å². The molecule has 1 atom stereocenters. The number of rotatable bonds is 2. The number of amides is 2. The maximum absolute atomic E-state index is 12.4. The first-order chi connectivity index (χ1) is 9.61. The lowest BCUT2D eigenvalue weighted by atomic mass is 10.1. The summed E-state index contributed by atoms with van der Waals surface area (Å²) in [6.45, 7) is 1.40. The molecule has 1 N–H and O–H groups in total. The minimum Gasteiger partial charge on any atom is -0.315 e. The molecule has 0 saturated carbocycles. The SMILES string of the molecule is O=C1c2cccc([N+](=O)[O-])c2C(=O)N1[C@@H]1CCCNC1. The molecule has 1 saturated heterocycles. The summed E-state index contributed by atoms with van der Waals surface area (Å²) in [6.07, 6.45) is 1.60. The van der Waals surface area contributed by atoms with Gasteiger partial charge in [0.2, 0.25) is 0 Å². The Kier molecular flexibility index (Phi) is 2.98. The van der Waals surface area contributed by atoms with Crippen LogP contribution < -0.4 is 5.32 Å². The van der Waals surface area contributed by atoms with E-state index in [9.17, 15) is 19.7 Å². The monoisotopic (exact) mass is 275 g/mol. The number of nitrogens with zero attached hydrogens (tertiary/aromatic N) is 2. The quantitative estimate of drug-likeness (QED) is 0.492. The fourth-order valence-corrected chi connectivity index (χ4v) is 2.82. The highest BCUT2D eigenvalue weighted by molar-refractivity contribution is 6.23. The van der Waals surface area contributed by atoms with Crippen LogP contribution in [0.15, 0.2) is 18.2 Å². The number of imide groups is 1. The number of piperidine rings is 1. The molecule has 0 bridgehead atoms. The molecular formula is C13H13N3O4. The van der Waals surface area contributed by atoms with Crippen LogP contribution in [0.25, 0.3) is 0 Å². The largest absolute Gasteiger partial charge is 0.315 e. The maximum Gasteiger partial charge on any atom is 0.282 e. The summed E-state index contributed by atoms with van der Waals surface area (Å²) in [6, 6.07) is 3.94. The molecule has 104 valence electrons. The molecule has 2 amide bonds. The van der Waals surface area contributed by atoms with Crippen LogP contribution in [0.5, 0.6) is 0 Å². The Morgan fingerprint density at radius 3 is 2.75 bits per heavy atom. The summed E-state index contributed by atoms with van der Waals surface area (Å²) in [4.78, 5) is 36.3. The van der Waals surface area contributed by atoms with E-state index in [0.717, 1.165) is 19.4 Å². The average Bonchev–Trinajstić information content (AvgIpc) is 2.72. The molecular weight excluding hydrogens is 262 g/mol. The number of nitrogens with one attached hydrogen (secondary N) is 1. The van der Waals surface area contributed by atoms with E-state index in [1.165, 1.54) is 23.1 Å². The van der Waals surface area contributed by atoms with E-state index in [4.69, 9.17) is 0 Å². The minimum absolute atomic E-state index is 0.0759. The summed E-state index contributed by atoms with van der Waals surface area (Å²) in [5.74, 6) is -0.978. The van der Waals surface area contributed by atoms with Crippen molar-refractivity contribution < 1.29 is 14.5 Å². The topological polar surface area (TPSA) is 92.5 Å². The molecule has 3 rings (SSSR count). The minimum atomic E-state index is -0.618. The van der Waals surface area contributed by atoms with Gasteiger partial charge in [0, 0.05) is 12.6 Å². The van der Waals surface area contributed by atoms with E-state index in [1.807, 2.05) is 0 Å². The van der Waals surface area contributed by atoms with E-state index in [-0.39, 0.29) is 22.9 Å². The van der Waals surface area contributed by atoms with Gasteiger partial charge in [-0.25, -0.2) is 0 Å². The highest BCUT2D eigenvalue weighted by Crippen LogP contribution is 2.32. The predicted octanol–water partition coefficient (Wildman–Crippen LogP) is 0.943. The van der Waals surface area contributed by atoms with E-state index in [0.29, 0.717) is 6.54 Å². The van der Waals surface area contributed by atoms with E-state index in [2.05, 4.69) is 5.32 Å². The third kappa shape index (κ3) is 1.78. The lowest BCUT2D eigenvalue weighted by Gasteiger charge is -2.29. The van der Waals surface area contributed by atoms with Gasteiger partial charge in [-0.3, -0.25) is 24.6 Å². The van der Waals surface area contributed by atoms with Gasteiger partial charge in [0.05, 0.1) is 16.5 Å². The number of nitro benzene ring substituents is 1. The summed E-state index contributed by atoms with van der Waals surface area (Å²) in [5.41, 5.74) is -0.241. The van der Waals surface area contributed by atoms with Crippen LogP contribution in [0.3, 0.4) is 0 Å². The van der Waals surface area contributed by atoms with Crippen molar-refractivity contribution in [1.29, 1.82) is 0 Å². The molecule has 20 heavy (non-hydrogen) atoms. The molecule has 7 heteroatoms. The molecule has 1 aromatic carbocycles. The number of hydrogen-bond acceptors (Lipinski definition) is 5. The van der Waals surface area contributed by atoms with Crippen LogP contribution in [-0.2, 0) is 0 Å². The highest BCUT2D eigenvalue weighted by atomic mass is 16.6. The molecule has 0 aliphatic carbocycles. The Bertz CT molecular complexity index is 608. The molecule has 2 heterocycles. The second-order valence-corrected chi connectivity index (χ2v) is 4.94. The van der Waals surface area contributed by atoms with Crippen LogP contribution in [0.4, 0.5) is 5.69 Å². The first kappa shape index (κ1) is 12.7. The van der Waals surface area contributed by atoms with Gasteiger partial charge < -0.3 is 5.32 Å². The van der Waals surface area contributed by atoms with Crippen molar-refractivity contribution in [1.82, 2.24) is 10.2 Å². The van der Waals surface area contributed by atoms with E-state index in [1.54, 1.807) is 0 Å². The Hall–Kier alpha value is -2.28. The van der Waals surface area contributed by atoms with Crippen LogP contribution in [0.2, 0.25) is 0 Å². The molecule has 7 nitrogen and oxygen atoms in total. The van der Waals surface area contributed by atoms with Crippen molar-refractivity contribution >= 4 is 17.5 Å². The smallest absolute Gasteiger partial charge is 0.282 e. The third-order valence-corrected chi connectivity index (χ3v) is 3.76. The van der Waals surface area contributed by atoms with Gasteiger partial charge in [0.25, 0.3) is 17.5 Å². The molecule has 0 spiro atoms. The molecule has 2 aliphatic heterocycles. The second kappa shape index (κ2) is 4.68. The fraction of sp³-hybridized carbons (Fsp3) is 0.385. The zero-order valence-electron chi connectivity index (χ0n) is 10.7. The van der Waals surface area contributed by atoms with Crippen molar-refractivity contribution in [2.24, 2.45) is 0 Å². The van der Waals surface area contributed by atoms with Crippen molar-refractivity contribution in [3.05, 3.63) is 39.4 Å². The van der Waals surface area contributed by atoms with Crippen LogP contribution in [0.1, 0.15) is 33.6 Å². The second-order valence-electron chi connectivity index (χ2n) is 4.94. The van der Waals surface area contributed by atoms with Gasteiger partial charge in [-0.05, 0) is 25.5 Å². The van der Waals surface area contributed by atoms with Gasteiger partial charge in [0.1, 0.15) is 5.56 Å². The maximum atomic E-state index is 12.4. The third-order valence-electron chi connectivity index (χ3n) is 3.76. The zero-order valence-corrected chi connectivity index (χ0v) is 10.7. The highest BCUT2D eigenvalue weighted by Gasteiger charge is 2.44. The van der Waals surface area contributed by atoms with Gasteiger partial charge in [-0.1, -0.05) is 6.07 Å². The number of hydrogen-bond donors (Lipinski definition) is 1. The van der Waals surface area contributed by atoms with E-state index < -0.39 is 16.7 Å².